The summed E-state index contributed by atoms with van der Waals surface area (Å²) >= 11 is 0. The summed E-state index contributed by atoms with van der Waals surface area (Å²) < 4.78 is 9.82. The predicted octanol–water partition coefficient (Wildman–Crippen LogP) is 4.33. The number of hydrogen-bond acceptors (Lipinski definition) is 3. The van der Waals surface area contributed by atoms with Crippen molar-refractivity contribution in [3.8, 4) is 11.4 Å². The van der Waals surface area contributed by atoms with Crippen molar-refractivity contribution >= 4 is 10.9 Å². The molecule has 2 aromatic carbocycles. The van der Waals surface area contributed by atoms with Gasteiger partial charge in [-0.2, -0.15) is 0 Å². The zero-order valence-corrected chi connectivity index (χ0v) is 18.8. The van der Waals surface area contributed by atoms with Crippen LogP contribution in [0, 0.1) is 0 Å². The van der Waals surface area contributed by atoms with Crippen LogP contribution >= 0.6 is 0 Å². The molecule has 32 heavy (non-hydrogen) atoms. The molecule has 1 aliphatic rings. The van der Waals surface area contributed by atoms with E-state index in [4.69, 9.17) is 4.74 Å². The molecule has 0 N–H and O–H groups in total. The van der Waals surface area contributed by atoms with Crippen LogP contribution in [-0.4, -0.2) is 33.7 Å². The van der Waals surface area contributed by atoms with Gasteiger partial charge in [0.05, 0.1) is 11.2 Å². The van der Waals surface area contributed by atoms with Gasteiger partial charge in [-0.1, -0.05) is 43.3 Å². The number of fused-ring (bicyclic) bond motifs is 3. The van der Waals surface area contributed by atoms with Crippen molar-refractivity contribution in [2.75, 3.05) is 19.6 Å². The zero-order valence-electron chi connectivity index (χ0n) is 18.8. The monoisotopic (exact) mass is 427 g/mol. The maximum atomic E-state index is 12.9. The van der Waals surface area contributed by atoms with Gasteiger partial charge in [0.1, 0.15) is 12.4 Å². The molecule has 1 aliphatic heterocycles. The summed E-state index contributed by atoms with van der Waals surface area (Å²) in [7, 11) is 2.15. The lowest BCUT2D eigenvalue weighted by atomic mass is 10.1. The Morgan fingerprint density at radius 3 is 2.56 bits per heavy atom. The lowest BCUT2D eigenvalue weighted by Gasteiger charge is -2.17. The molecule has 164 valence electrons. The molecule has 3 heterocycles. The second kappa shape index (κ2) is 8.67. The average Bonchev–Trinajstić information content (AvgIpc) is 2.96. The van der Waals surface area contributed by atoms with Crippen LogP contribution in [0.15, 0.2) is 71.7 Å². The number of aromatic nitrogens is 2. The van der Waals surface area contributed by atoms with E-state index in [1.807, 2.05) is 36.4 Å². The molecule has 0 fully saturated rings. The maximum Gasteiger partial charge on any atom is 0.258 e. The van der Waals surface area contributed by atoms with Crippen LogP contribution in [0.2, 0.25) is 0 Å². The van der Waals surface area contributed by atoms with E-state index in [-0.39, 0.29) is 5.56 Å². The SMILES string of the molecule is CCN1CCc2c(n(C)c3cc(-n4ccc(OCc5ccccc5)cc4=O)ccc23)CC1. The molecule has 0 amide bonds. The van der Waals surface area contributed by atoms with Crippen molar-refractivity contribution in [3.63, 3.8) is 0 Å². The largest absolute Gasteiger partial charge is 0.489 e. The Labute approximate surface area is 188 Å². The van der Waals surface area contributed by atoms with Crippen LogP contribution in [0.3, 0.4) is 0 Å². The minimum absolute atomic E-state index is 0.0933. The number of rotatable bonds is 5. The van der Waals surface area contributed by atoms with Crippen molar-refractivity contribution < 1.29 is 4.74 Å². The Kier molecular flexibility index (Phi) is 5.58. The number of ether oxygens (including phenoxy) is 1. The van der Waals surface area contributed by atoms with Crippen LogP contribution in [0.5, 0.6) is 5.75 Å². The Hall–Kier alpha value is -3.31. The van der Waals surface area contributed by atoms with Gasteiger partial charge < -0.3 is 14.2 Å². The van der Waals surface area contributed by atoms with Gasteiger partial charge in [-0.05, 0) is 42.3 Å². The van der Waals surface area contributed by atoms with Crippen molar-refractivity contribution in [2.45, 2.75) is 26.4 Å². The van der Waals surface area contributed by atoms with Gasteiger partial charge in [-0.25, -0.2) is 0 Å². The van der Waals surface area contributed by atoms with E-state index < -0.39 is 0 Å². The third-order valence-corrected chi connectivity index (χ3v) is 6.63. The van der Waals surface area contributed by atoms with E-state index in [1.165, 1.54) is 22.2 Å². The van der Waals surface area contributed by atoms with Gasteiger partial charge in [0, 0.05) is 49.9 Å². The molecule has 0 saturated carbocycles. The molecule has 0 aliphatic carbocycles. The van der Waals surface area contributed by atoms with E-state index in [9.17, 15) is 4.79 Å². The summed E-state index contributed by atoms with van der Waals surface area (Å²) in [4.78, 5) is 15.4. The number of aryl methyl sites for hydroxylation is 1. The third-order valence-electron chi connectivity index (χ3n) is 6.63. The van der Waals surface area contributed by atoms with Crippen LogP contribution in [0.4, 0.5) is 0 Å². The fourth-order valence-corrected chi connectivity index (χ4v) is 4.77. The summed E-state index contributed by atoms with van der Waals surface area (Å²) in [6, 6.07) is 19.7. The quantitative estimate of drug-likeness (QED) is 0.476. The summed E-state index contributed by atoms with van der Waals surface area (Å²) in [5.74, 6) is 0.585. The lowest BCUT2D eigenvalue weighted by Crippen LogP contribution is -2.26. The number of benzene rings is 2. The first kappa shape index (κ1) is 20.6. The molecule has 0 bridgehead atoms. The molecule has 0 radical (unpaired) electrons. The molecule has 0 spiro atoms. The second-order valence-electron chi connectivity index (χ2n) is 8.46. The first-order valence-corrected chi connectivity index (χ1v) is 11.4. The highest BCUT2D eigenvalue weighted by Crippen LogP contribution is 2.30. The van der Waals surface area contributed by atoms with Gasteiger partial charge >= 0.3 is 0 Å². The fraction of sp³-hybridized carbons (Fsp3) is 0.296. The summed E-state index contributed by atoms with van der Waals surface area (Å²) in [6.45, 7) is 5.99. The smallest absolute Gasteiger partial charge is 0.258 e. The molecule has 0 saturated heterocycles. The topological polar surface area (TPSA) is 39.4 Å². The van der Waals surface area contributed by atoms with Gasteiger partial charge in [0.25, 0.3) is 5.56 Å². The average molecular weight is 428 g/mol. The molecule has 0 atom stereocenters. The maximum absolute atomic E-state index is 12.9. The van der Waals surface area contributed by atoms with Gasteiger partial charge in [-0.3, -0.25) is 9.36 Å². The van der Waals surface area contributed by atoms with Crippen LogP contribution in [0.1, 0.15) is 23.7 Å². The van der Waals surface area contributed by atoms with Crippen LogP contribution < -0.4 is 10.3 Å². The van der Waals surface area contributed by atoms with Gasteiger partial charge in [0.15, 0.2) is 0 Å². The van der Waals surface area contributed by atoms with E-state index in [0.29, 0.717) is 12.4 Å². The number of hydrogen-bond donors (Lipinski definition) is 0. The Bertz CT molecular complexity index is 1300. The summed E-state index contributed by atoms with van der Waals surface area (Å²) in [5.41, 5.74) is 5.93. The lowest BCUT2D eigenvalue weighted by molar-refractivity contribution is 0.302. The number of pyridine rings is 1. The summed E-state index contributed by atoms with van der Waals surface area (Å²) in [6.07, 6.45) is 3.95. The molecular weight excluding hydrogens is 398 g/mol. The predicted molar refractivity (Wildman–Crippen MR) is 129 cm³/mol. The second-order valence-corrected chi connectivity index (χ2v) is 8.46. The highest BCUT2D eigenvalue weighted by atomic mass is 16.5. The van der Waals surface area contributed by atoms with E-state index in [2.05, 4.69) is 41.6 Å². The number of nitrogens with zero attached hydrogens (tertiary/aromatic N) is 3. The molecule has 5 rings (SSSR count). The standard InChI is InChI=1S/C27H29N3O2/c1-3-29-14-12-24-23-10-9-21(17-26(23)28(2)25(24)13-15-29)30-16-11-22(18-27(30)31)32-19-20-7-5-4-6-8-20/h4-11,16-18H,3,12-15,19H2,1-2H3. The van der Waals surface area contributed by atoms with E-state index in [0.717, 1.165) is 43.7 Å². The van der Waals surface area contributed by atoms with Crippen molar-refractivity contribution in [1.82, 2.24) is 14.0 Å². The van der Waals surface area contributed by atoms with Gasteiger partial charge in [-0.15, -0.1) is 0 Å². The van der Waals surface area contributed by atoms with E-state index >= 15 is 0 Å². The van der Waals surface area contributed by atoms with Crippen molar-refractivity contribution in [2.24, 2.45) is 7.05 Å². The highest BCUT2D eigenvalue weighted by Gasteiger charge is 2.20. The first-order chi connectivity index (χ1) is 15.6. The Balaban J connectivity index is 1.42. The fourth-order valence-electron chi connectivity index (χ4n) is 4.77. The molecule has 5 heteroatoms. The van der Waals surface area contributed by atoms with Crippen LogP contribution in [0.25, 0.3) is 16.6 Å². The zero-order chi connectivity index (χ0) is 22.1. The molecule has 2 aromatic heterocycles. The molecule has 5 nitrogen and oxygen atoms in total. The van der Waals surface area contributed by atoms with Crippen molar-refractivity contribution in [3.05, 3.63) is 94.0 Å². The molecular formula is C27H29N3O2. The Morgan fingerprint density at radius 1 is 0.969 bits per heavy atom. The first-order valence-electron chi connectivity index (χ1n) is 11.4. The van der Waals surface area contributed by atoms with Gasteiger partial charge in [0.2, 0.25) is 0 Å². The molecule has 4 aromatic rings. The van der Waals surface area contributed by atoms with Crippen molar-refractivity contribution in [1.29, 1.82) is 0 Å². The summed E-state index contributed by atoms with van der Waals surface area (Å²) in [5, 5.41) is 1.31. The minimum Gasteiger partial charge on any atom is -0.489 e. The Morgan fingerprint density at radius 2 is 1.78 bits per heavy atom. The normalized spacial score (nSPS) is 14.3. The van der Waals surface area contributed by atoms with Crippen LogP contribution in [-0.2, 0) is 26.5 Å². The van der Waals surface area contributed by atoms with E-state index in [1.54, 1.807) is 16.8 Å². The minimum atomic E-state index is -0.0933. The third kappa shape index (κ3) is 3.84. The highest BCUT2D eigenvalue weighted by molar-refractivity contribution is 5.87. The number of likely N-dealkylation sites (N-methyl/N-ethyl adjacent to an activating group) is 1. The molecule has 0 unspecified atom stereocenters.